The summed E-state index contributed by atoms with van der Waals surface area (Å²) in [7, 11) is 0. The Morgan fingerprint density at radius 1 is 1.18 bits per heavy atom. The van der Waals surface area contributed by atoms with Gasteiger partial charge in [0, 0.05) is 0 Å². The number of unbranched alkanes of at least 4 members (excludes halogenated alkanes) is 1. The zero-order valence-electron chi connectivity index (χ0n) is 8.40. The van der Waals surface area contributed by atoms with E-state index in [1.54, 1.807) is 0 Å². The monoisotopic (exact) mass is 207 g/mol. The van der Waals surface area contributed by atoms with Crippen LogP contribution in [0.15, 0.2) is 0 Å². The Morgan fingerprint density at radius 3 is 1.91 bits per heavy atom. The molecule has 0 aliphatic carbocycles. The Morgan fingerprint density at radius 2 is 1.64 bits per heavy atom. The molecule has 0 rings (SSSR count). The zero-order chi connectivity index (χ0) is 7.11. The normalized spacial score (nSPS) is 8.73. The van der Waals surface area contributed by atoms with Gasteiger partial charge in [-0.3, -0.25) is 0 Å². The SMILES string of the molecule is [CH2-]CCCN(CC)CC.[CH3-].[Zn+2]. The third-order valence-corrected chi connectivity index (χ3v) is 1.62. The second kappa shape index (κ2) is 13.2. The predicted octanol–water partition coefficient (Wildman–Crippen LogP) is 2.39. The van der Waals surface area contributed by atoms with E-state index >= 15 is 0 Å². The molecule has 0 atom stereocenters. The van der Waals surface area contributed by atoms with Crippen molar-refractivity contribution in [2.45, 2.75) is 26.7 Å². The summed E-state index contributed by atoms with van der Waals surface area (Å²) in [6.07, 6.45) is 2.30. The van der Waals surface area contributed by atoms with Crippen molar-refractivity contribution in [2.75, 3.05) is 19.6 Å². The molecule has 0 N–H and O–H groups in total. The van der Waals surface area contributed by atoms with Gasteiger partial charge in [0.15, 0.2) is 0 Å². The molecule has 0 spiro atoms. The van der Waals surface area contributed by atoms with Gasteiger partial charge in [0.1, 0.15) is 0 Å². The van der Waals surface area contributed by atoms with Gasteiger partial charge in [0.25, 0.3) is 0 Å². The van der Waals surface area contributed by atoms with Gasteiger partial charge in [-0.25, -0.2) is 0 Å². The fraction of sp³-hybridized carbons (Fsp3) is 0.778. The fourth-order valence-corrected chi connectivity index (χ4v) is 0.875. The summed E-state index contributed by atoms with van der Waals surface area (Å²) in [6, 6.07) is 0. The number of hydrogen-bond donors (Lipinski definition) is 0. The van der Waals surface area contributed by atoms with Gasteiger partial charge in [-0.05, 0) is 19.6 Å². The van der Waals surface area contributed by atoms with Crippen molar-refractivity contribution in [1.82, 2.24) is 4.90 Å². The largest absolute Gasteiger partial charge is 2.00 e. The van der Waals surface area contributed by atoms with E-state index in [1.807, 2.05) is 0 Å². The van der Waals surface area contributed by atoms with Crippen molar-refractivity contribution in [3.8, 4) is 0 Å². The minimum absolute atomic E-state index is 0. The van der Waals surface area contributed by atoms with Gasteiger partial charge in [-0.2, -0.15) is 6.42 Å². The van der Waals surface area contributed by atoms with Crippen LogP contribution < -0.4 is 0 Å². The van der Waals surface area contributed by atoms with Crippen molar-refractivity contribution in [3.05, 3.63) is 14.4 Å². The molecule has 64 valence electrons. The van der Waals surface area contributed by atoms with Crippen LogP contribution in [0, 0.1) is 14.4 Å². The van der Waals surface area contributed by atoms with E-state index < -0.39 is 0 Å². The number of nitrogens with zero attached hydrogens (tertiary/aromatic N) is 1. The quantitative estimate of drug-likeness (QED) is 0.496. The van der Waals surface area contributed by atoms with E-state index in [9.17, 15) is 0 Å². The van der Waals surface area contributed by atoms with Crippen LogP contribution in [-0.2, 0) is 19.5 Å². The molecule has 0 saturated heterocycles. The molecule has 0 radical (unpaired) electrons. The van der Waals surface area contributed by atoms with E-state index in [0.717, 1.165) is 6.42 Å². The third kappa shape index (κ3) is 10.6. The number of hydrogen-bond acceptors (Lipinski definition) is 1. The molecule has 0 unspecified atom stereocenters. The fourth-order valence-electron chi connectivity index (χ4n) is 0.875. The van der Waals surface area contributed by atoms with E-state index in [2.05, 4.69) is 25.7 Å². The van der Waals surface area contributed by atoms with Crippen LogP contribution in [0.3, 0.4) is 0 Å². The van der Waals surface area contributed by atoms with E-state index in [1.165, 1.54) is 26.1 Å². The Balaban J connectivity index is -0.000000320. The number of rotatable bonds is 5. The molecule has 0 aromatic rings. The standard InChI is InChI=1S/C8H18N.CH3.Zn/c1-4-7-8-9(5-2)6-3;;/h1,4-8H2,2-3H3;1H3;/q2*-1;+2. The van der Waals surface area contributed by atoms with Gasteiger partial charge in [-0.15, -0.1) is 0 Å². The smallest absolute Gasteiger partial charge is 0.358 e. The summed E-state index contributed by atoms with van der Waals surface area (Å²) >= 11 is 0. The van der Waals surface area contributed by atoms with Crippen LogP contribution in [0.1, 0.15) is 26.7 Å². The van der Waals surface area contributed by atoms with Crippen molar-refractivity contribution < 1.29 is 19.5 Å². The Labute approximate surface area is 85.3 Å². The van der Waals surface area contributed by atoms with E-state index in [-0.39, 0.29) is 26.9 Å². The van der Waals surface area contributed by atoms with E-state index in [4.69, 9.17) is 0 Å². The molecule has 0 aliphatic heterocycles. The summed E-state index contributed by atoms with van der Waals surface area (Å²) in [5.74, 6) is 0. The third-order valence-electron chi connectivity index (χ3n) is 1.62. The maximum Gasteiger partial charge on any atom is 2.00 e. The molecule has 2 heteroatoms. The summed E-state index contributed by atoms with van der Waals surface area (Å²) in [6.45, 7) is 11.8. The van der Waals surface area contributed by atoms with Crippen LogP contribution in [0.25, 0.3) is 0 Å². The molecule has 1 nitrogen and oxygen atoms in total. The average molecular weight is 209 g/mol. The van der Waals surface area contributed by atoms with Crippen LogP contribution in [0.2, 0.25) is 0 Å². The summed E-state index contributed by atoms with van der Waals surface area (Å²) in [5, 5.41) is 0. The maximum absolute atomic E-state index is 3.80. The first-order valence-electron chi connectivity index (χ1n) is 3.86. The van der Waals surface area contributed by atoms with Crippen molar-refractivity contribution in [1.29, 1.82) is 0 Å². The Hall–Kier alpha value is 0.583. The molecule has 0 amide bonds. The molecule has 0 heterocycles. The molecule has 0 aromatic heterocycles. The van der Waals surface area contributed by atoms with Crippen LogP contribution in [-0.4, -0.2) is 24.5 Å². The minimum atomic E-state index is 0. The maximum atomic E-state index is 3.80. The van der Waals surface area contributed by atoms with Crippen LogP contribution >= 0.6 is 0 Å². The molecule has 0 bridgehead atoms. The minimum Gasteiger partial charge on any atom is -0.358 e. The first kappa shape index (κ1) is 17.6. The summed E-state index contributed by atoms with van der Waals surface area (Å²) in [5.41, 5.74) is 0. The topological polar surface area (TPSA) is 3.24 Å². The Kier molecular flexibility index (Phi) is 21.1. The molecule has 0 saturated carbocycles. The van der Waals surface area contributed by atoms with Crippen molar-refractivity contribution in [2.24, 2.45) is 0 Å². The zero-order valence-corrected chi connectivity index (χ0v) is 11.4. The molecule has 0 aromatic carbocycles. The predicted molar refractivity (Wildman–Crippen MR) is 48.8 cm³/mol. The van der Waals surface area contributed by atoms with Crippen LogP contribution in [0.4, 0.5) is 0 Å². The van der Waals surface area contributed by atoms with Crippen molar-refractivity contribution in [3.63, 3.8) is 0 Å². The van der Waals surface area contributed by atoms with Gasteiger partial charge in [0.2, 0.25) is 0 Å². The summed E-state index contributed by atoms with van der Waals surface area (Å²) in [4.78, 5) is 2.42. The van der Waals surface area contributed by atoms with E-state index in [0.29, 0.717) is 0 Å². The summed E-state index contributed by atoms with van der Waals surface area (Å²) < 4.78 is 0. The molecular weight excluding hydrogens is 187 g/mol. The molecule has 0 fully saturated rings. The van der Waals surface area contributed by atoms with Gasteiger partial charge in [0.05, 0.1) is 0 Å². The van der Waals surface area contributed by atoms with Gasteiger partial charge in [-0.1, -0.05) is 20.3 Å². The van der Waals surface area contributed by atoms with Gasteiger partial charge < -0.3 is 19.3 Å². The molecule has 11 heavy (non-hydrogen) atoms. The first-order valence-corrected chi connectivity index (χ1v) is 3.86. The average Bonchev–Trinajstić information content (AvgIpc) is 1.91. The Bertz CT molecular complexity index is 53.5. The first-order chi connectivity index (χ1) is 4.35. The second-order valence-corrected chi connectivity index (χ2v) is 2.23. The molecule has 0 aliphatic rings. The van der Waals surface area contributed by atoms with Crippen molar-refractivity contribution >= 4 is 0 Å². The molecular formula is C9H21NZn. The van der Waals surface area contributed by atoms with Crippen LogP contribution in [0.5, 0.6) is 0 Å². The van der Waals surface area contributed by atoms with Gasteiger partial charge >= 0.3 is 19.5 Å². The second-order valence-electron chi connectivity index (χ2n) is 2.23.